The standard InChI is InChI=1S/C14H23FN2O/c1-10-7-11(18-16-10)8-17-6-5-12(13(15)9-17)14(2,3)4/h7,12-13H,5-6,8-9H2,1-4H3. The molecule has 1 aromatic heterocycles. The van der Waals surface area contributed by atoms with Crippen molar-refractivity contribution in [3.05, 3.63) is 17.5 Å². The van der Waals surface area contributed by atoms with Crippen molar-refractivity contribution in [2.24, 2.45) is 11.3 Å². The smallest absolute Gasteiger partial charge is 0.150 e. The third kappa shape index (κ3) is 3.10. The fourth-order valence-corrected chi connectivity index (χ4v) is 2.80. The zero-order valence-corrected chi connectivity index (χ0v) is 11.7. The summed E-state index contributed by atoms with van der Waals surface area (Å²) in [4.78, 5) is 2.12. The third-order valence-electron chi connectivity index (χ3n) is 3.79. The monoisotopic (exact) mass is 254 g/mol. The number of aromatic nitrogens is 1. The van der Waals surface area contributed by atoms with Gasteiger partial charge in [-0.15, -0.1) is 0 Å². The van der Waals surface area contributed by atoms with Gasteiger partial charge in [-0.25, -0.2) is 4.39 Å². The second kappa shape index (κ2) is 5.00. The van der Waals surface area contributed by atoms with Gasteiger partial charge < -0.3 is 4.52 Å². The first-order valence-electron chi connectivity index (χ1n) is 6.65. The molecule has 4 heteroatoms. The molecule has 2 heterocycles. The summed E-state index contributed by atoms with van der Waals surface area (Å²) in [6, 6.07) is 1.92. The molecule has 1 aliphatic rings. The summed E-state index contributed by atoms with van der Waals surface area (Å²) in [5, 5.41) is 3.86. The zero-order valence-electron chi connectivity index (χ0n) is 11.7. The second-order valence-corrected chi connectivity index (χ2v) is 6.45. The van der Waals surface area contributed by atoms with Crippen LogP contribution in [0.15, 0.2) is 10.6 Å². The predicted molar refractivity (Wildman–Crippen MR) is 69.0 cm³/mol. The molecule has 0 amide bonds. The van der Waals surface area contributed by atoms with Crippen LogP contribution in [0.4, 0.5) is 4.39 Å². The predicted octanol–water partition coefficient (Wildman–Crippen LogP) is 3.19. The van der Waals surface area contributed by atoms with Crippen molar-refractivity contribution >= 4 is 0 Å². The van der Waals surface area contributed by atoms with E-state index >= 15 is 0 Å². The Labute approximate surface area is 108 Å². The van der Waals surface area contributed by atoms with Crippen molar-refractivity contribution in [1.82, 2.24) is 10.1 Å². The molecule has 18 heavy (non-hydrogen) atoms. The normalized spacial score (nSPS) is 26.5. The molecule has 0 aromatic carbocycles. The minimum Gasteiger partial charge on any atom is -0.360 e. The average Bonchev–Trinajstić information content (AvgIpc) is 2.62. The largest absolute Gasteiger partial charge is 0.360 e. The SMILES string of the molecule is Cc1cc(CN2CCC(C(C)(C)C)C(F)C2)on1. The minimum absolute atomic E-state index is 0.0499. The van der Waals surface area contributed by atoms with Crippen molar-refractivity contribution in [3.63, 3.8) is 0 Å². The molecule has 0 spiro atoms. The van der Waals surface area contributed by atoms with Gasteiger partial charge >= 0.3 is 0 Å². The molecule has 2 unspecified atom stereocenters. The van der Waals surface area contributed by atoms with Gasteiger partial charge in [0.15, 0.2) is 5.76 Å². The topological polar surface area (TPSA) is 29.3 Å². The first-order chi connectivity index (χ1) is 8.36. The molecule has 2 rings (SSSR count). The van der Waals surface area contributed by atoms with E-state index in [0.717, 1.165) is 24.4 Å². The van der Waals surface area contributed by atoms with Crippen molar-refractivity contribution in [3.8, 4) is 0 Å². The third-order valence-corrected chi connectivity index (χ3v) is 3.79. The molecule has 1 fully saturated rings. The number of aryl methyl sites for hydroxylation is 1. The van der Waals surface area contributed by atoms with Crippen LogP contribution >= 0.6 is 0 Å². The number of piperidine rings is 1. The van der Waals surface area contributed by atoms with E-state index in [4.69, 9.17) is 4.52 Å². The van der Waals surface area contributed by atoms with Gasteiger partial charge in [-0.2, -0.15) is 0 Å². The van der Waals surface area contributed by atoms with Gasteiger partial charge in [0.25, 0.3) is 0 Å². The number of alkyl halides is 1. The van der Waals surface area contributed by atoms with Gasteiger partial charge in [0, 0.05) is 12.6 Å². The Balaban J connectivity index is 1.92. The maximum absolute atomic E-state index is 14.2. The van der Waals surface area contributed by atoms with E-state index < -0.39 is 6.17 Å². The van der Waals surface area contributed by atoms with Crippen LogP contribution in [0.2, 0.25) is 0 Å². The Morgan fingerprint density at radius 1 is 1.50 bits per heavy atom. The van der Waals surface area contributed by atoms with Crippen LogP contribution < -0.4 is 0 Å². The quantitative estimate of drug-likeness (QED) is 0.811. The van der Waals surface area contributed by atoms with E-state index in [-0.39, 0.29) is 11.3 Å². The molecule has 0 bridgehead atoms. The van der Waals surface area contributed by atoms with Crippen molar-refractivity contribution in [1.29, 1.82) is 0 Å². The lowest BCUT2D eigenvalue weighted by atomic mass is 9.74. The van der Waals surface area contributed by atoms with Gasteiger partial charge in [-0.3, -0.25) is 4.90 Å². The zero-order chi connectivity index (χ0) is 13.3. The van der Waals surface area contributed by atoms with E-state index in [1.165, 1.54) is 0 Å². The highest BCUT2D eigenvalue weighted by atomic mass is 19.1. The van der Waals surface area contributed by atoms with E-state index in [1.807, 2.05) is 13.0 Å². The summed E-state index contributed by atoms with van der Waals surface area (Å²) in [6.07, 6.45) is 0.167. The van der Waals surface area contributed by atoms with Crippen LogP contribution in [-0.2, 0) is 6.54 Å². The average molecular weight is 254 g/mol. The maximum atomic E-state index is 14.2. The Morgan fingerprint density at radius 2 is 2.22 bits per heavy atom. The molecular weight excluding hydrogens is 231 g/mol. The van der Waals surface area contributed by atoms with Crippen molar-refractivity contribution in [2.75, 3.05) is 13.1 Å². The lowest BCUT2D eigenvalue weighted by molar-refractivity contribution is 0.0203. The summed E-state index contributed by atoms with van der Waals surface area (Å²) < 4.78 is 19.4. The summed E-state index contributed by atoms with van der Waals surface area (Å²) in [5.74, 6) is 0.985. The van der Waals surface area contributed by atoms with Crippen LogP contribution in [0.5, 0.6) is 0 Å². The number of halogens is 1. The molecule has 0 aliphatic carbocycles. The van der Waals surface area contributed by atoms with Crippen LogP contribution in [0.1, 0.15) is 38.6 Å². The van der Waals surface area contributed by atoms with Crippen LogP contribution in [0, 0.1) is 18.3 Å². The highest BCUT2D eigenvalue weighted by molar-refractivity contribution is 5.03. The molecule has 3 nitrogen and oxygen atoms in total. The van der Waals surface area contributed by atoms with Gasteiger partial charge in [0.1, 0.15) is 6.17 Å². The lowest BCUT2D eigenvalue weighted by Crippen LogP contribution is -2.45. The minimum atomic E-state index is -0.747. The number of hydrogen-bond acceptors (Lipinski definition) is 3. The Kier molecular flexibility index (Phi) is 3.76. The van der Waals surface area contributed by atoms with Gasteiger partial charge in [-0.05, 0) is 31.2 Å². The number of rotatable bonds is 2. The van der Waals surface area contributed by atoms with Gasteiger partial charge in [-0.1, -0.05) is 25.9 Å². The molecule has 0 saturated carbocycles. The van der Waals surface area contributed by atoms with E-state index in [1.54, 1.807) is 0 Å². The number of hydrogen-bond donors (Lipinski definition) is 0. The molecule has 1 aromatic rings. The molecule has 1 aliphatic heterocycles. The van der Waals surface area contributed by atoms with Crippen LogP contribution in [-0.4, -0.2) is 29.3 Å². The Bertz CT molecular complexity index is 397. The molecular formula is C14H23FN2O. The fraction of sp³-hybridized carbons (Fsp3) is 0.786. The maximum Gasteiger partial charge on any atom is 0.150 e. The van der Waals surface area contributed by atoms with E-state index in [2.05, 4.69) is 30.8 Å². The summed E-state index contributed by atoms with van der Waals surface area (Å²) in [6.45, 7) is 10.4. The van der Waals surface area contributed by atoms with Gasteiger partial charge in [0.2, 0.25) is 0 Å². The Morgan fingerprint density at radius 3 is 2.72 bits per heavy atom. The van der Waals surface area contributed by atoms with Crippen LogP contribution in [0.3, 0.4) is 0 Å². The second-order valence-electron chi connectivity index (χ2n) is 6.45. The lowest BCUT2D eigenvalue weighted by Gasteiger charge is -2.40. The molecule has 0 radical (unpaired) electrons. The molecule has 2 atom stereocenters. The van der Waals surface area contributed by atoms with E-state index in [9.17, 15) is 4.39 Å². The molecule has 102 valence electrons. The van der Waals surface area contributed by atoms with Crippen molar-refractivity contribution in [2.45, 2.75) is 46.8 Å². The Hall–Kier alpha value is -0.900. The summed E-state index contributed by atoms with van der Waals surface area (Å²) in [7, 11) is 0. The van der Waals surface area contributed by atoms with Crippen molar-refractivity contribution < 1.29 is 8.91 Å². The highest BCUT2D eigenvalue weighted by Gasteiger charge is 2.36. The highest BCUT2D eigenvalue weighted by Crippen LogP contribution is 2.36. The summed E-state index contributed by atoms with van der Waals surface area (Å²) in [5.41, 5.74) is 0.931. The molecule has 0 N–H and O–H groups in total. The number of likely N-dealkylation sites (tertiary alicyclic amines) is 1. The number of nitrogens with zero attached hydrogens (tertiary/aromatic N) is 2. The first kappa shape index (κ1) is 13.5. The fourth-order valence-electron chi connectivity index (χ4n) is 2.80. The first-order valence-corrected chi connectivity index (χ1v) is 6.65. The van der Waals surface area contributed by atoms with Crippen LogP contribution in [0.25, 0.3) is 0 Å². The van der Waals surface area contributed by atoms with Gasteiger partial charge in [0.05, 0.1) is 12.2 Å². The molecule has 1 saturated heterocycles. The van der Waals surface area contributed by atoms with E-state index in [0.29, 0.717) is 13.1 Å². The summed E-state index contributed by atoms with van der Waals surface area (Å²) >= 11 is 0.